The van der Waals surface area contributed by atoms with Gasteiger partial charge in [0.25, 0.3) is 0 Å². The van der Waals surface area contributed by atoms with E-state index in [-0.39, 0.29) is 18.2 Å². The first-order valence-corrected chi connectivity index (χ1v) is 4.53. The SMILES string of the molecule is C[C@@H]1C[C@@H]2CC[C@@H](O)[C@@H]2N1N=O. The van der Waals surface area contributed by atoms with Crippen LogP contribution in [-0.4, -0.2) is 28.3 Å². The van der Waals surface area contributed by atoms with Crippen molar-refractivity contribution >= 4 is 0 Å². The summed E-state index contributed by atoms with van der Waals surface area (Å²) < 4.78 is 0. The lowest BCUT2D eigenvalue weighted by Gasteiger charge is -2.23. The predicted octanol–water partition coefficient (Wildman–Crippen LogP) is 0.901. The molecule has 0 aromatic carbocycles. The van der Waals surface area contributed by atoms with Crippen molar-refractivity contribution in [3.63, 3.8) is 0 Å². The van der Waals surface area contributed by atoms with Gasteiger partial charge in [-0.2, -0.15) is 0 Å². The Bertz CT molecular complexity index is 197. The third kappa shape index (κ3) is 0.941. The van der Waals surface area contributed by atoms with Gasteiger partial charge >= 0.3 is 0 Å². The molecule has 0 radical (unpaired) electrons. The highest BCUT2D eigenvalue weighted by Crippen LogP contribution is 2.41. The monoisotopic (exact) mass is 170 g/mol. The van der Waals surface area contributed by atoms with Gasteiger partial charge in [-0.05, 0) is 32.1 Å². The van der Waals surface area contributed by atoms with E-state index >= 15 is 0 Å². The molecular weight excluding hydrogens is 156 g/mol. The standard InChI is InChI=1S/C8H14N2O2/c1-5-4-6-2-3-7(11)8(6)10(5)9-12/h5-8,11H,2-4H2,1H3/t5-,6+,7-,8-/m1/s1. The number of nitrogens with zero attached hydrogens (tertiary/aromatic N) is 2. The van der Waals surface area contributed by atoms with Crippen LogP contribution in [-0.2, 0) is 0 Å². The molecule has 0 unspecified atom stereocenters. The number of aliphatic hydroxyl groups is 1. The molecule has 1 heterocycles. The summed E-state index contributed by atoms with van der Waals surface area (Å²) in [7, 11) is 0. The number of aliphatic hydroxyl groups excluding tert-OH is 1. The van der Waals surface area contributed by atoms with E-state index in [0.717, 1.165) is 19.3 Å². The molecule has 4 nitrogen and oxygen atoms in total. The van der Waals surface area contributed by atoms with Crippen LogP contribution in [0.5, 0.6) is 0 Å². The van der Waals surface area contributed by atoms with Crippen molar-refractivity contribution in [3.8, 4) is 0 Å². The lowest BCUT2D eigenvalue weighted by molar-refractivity contribution is 0.0709. The van der Waals surface area contributed by atoms with Crippen LogP contribution in [0.3, 0.4) is 0 Å². The Morgan fingerprint density at radius 1 is 1.50 bits per heavy atom. The normalized spacial score (nSPS) is 46.3. The third-order valence-electron chi connectivity index (χ3n) is 3.21. The van der Waals surface area contributed by atoms with Gasteiger partial charge in [0.05, 0.1) is 17.4 Å². The van der Waals surface area contributed by atoms with Crippen molar-refractivity contribution in [1.82, 2.24) is 5.01 Å². The Kier molecular flexibility index (Phi) is 1.79. The fourth-order valence-corrected chi connectivity index (χ4v) is 2.66. The first-order valence-electron chi connectivity index (χ1n) is 4.53. The van der Waals surface area contributed by atoms with E-state index in [4.69, 9.17) is 0 Å². The fraction of sp³-hybridized carbons (Fsp3) is 1.00. The molecule has 0 amide bonds. The first kappa shape index (κ1) is 7.98. The first-order chi connectivity index (χ1) is 5.74. The molecule has 1 saturated heterocycles. The maximum Gasteiger partial charge on any atom is 0.0793 e. The highest BCUT2D eigenvalue weighted by atomic mass is 16.3. The zero-order valence-electron chi connectivity index (χ0n) is 7.18. The minimum absolute atomic E-state index is 0.0116. The van der Waals surface area contributed by atoms with E-state index in [1.54, 1.807) is 5.01 Å². The number of fused-ring (bicyclic) bond motifs is 1. The van der Waals surface area contributed by atoms with Gasteiger partial charge in [0.1, 0.15) is 0 Å². The number of rotatable bonds is 1. The summed E-state index contributed by atoms with van der Waals surface area (Å²) in [5, 5.41) is 14.1. The Morgan fingerprint density at radius 2 is 2.25 bits per heavy atom. The molecule has 0 aromatic rings. The molecule has 1 aliphatic heterocycles. The van der Waals surface area contributed by atoms with Crippen molar-refractivity contribution in [2.75, 3.05) is 0 Å². The van der Waals surface area contributed by atoms with Crippen LogP contribution in [0.4, 0.5) is 0 Å². The topological polar surface area (TPSA) is 52.9 Å². The molecule has 4 atom stereocenters. The second kappa shape index (κ2) is 2.69. The van der Waals surface area contributed by atoms with Crippen molar-refractivity contribution in [2.24, 2.45) is 11.2 Å². The van der Waals surface area contributed by atoms with Crippen LogP contribution in [0.2, 0.25) is 0 Å². The summed E-state index contributed by atoms with van der Waals surface area (Å²) in [5.74, 6) is 0.493. The molecule has 1 aliphatic carbocycles. The van der Waals surface area contributed by atoms with E-state index in [1.165, 1.54) is 0 Å². The summed E-state index contributed by atoms with van der Waals surface area (Å²) in [4.78, 5) is 10.5. The van der Waals surface area contributed by atoms with Crippen LogP contribution in [0.15, 0.2) is 5.29 Å². The number of hydrogen-bond donors (Lipinski definition) is 1. The highest BCUT2D eigenvalue weighted by molar-refractivity contribution is 4.98. The maximum atomic E-state index is 10.5. The molecule has 1 N–H and O–H groups in total. The Balaban J connectivity index is 2.17. The second-order valence-electron chi connectivity index (χ2n) is 3.94. The van der Waals surface area contributed by atoms with E-state index in [9.17, 15) is 10.0 Å². The smallest absolute Gasteiger partial charge is 0.0793 e. The van der Waals surface area contributed by atoms with E-state index in [0.29, 0.717) is 5.92 Å². The molecule has 2 rings (SSSR count). The van der Waals surface area contributed by atoms with Crippen molar-refractivity contribution in [2.45, 2.75) is 44.4 Å². The van der Waals surface area contributed by atoms with Gasteiger partial charge in [-0.3, -0.25) is 5.01 Å². The molecule has 12 heavy (non-hydrogen) atoms. The molecule has 1 saturated carbocycles. The van der Waals surface area contributed by atoms with Gasteiger partial charge in [0.2, 0.25) is 0 Å². The average Bonchev–Trinajstić information content (AvgIpc) is 2.52. The Labute approximate surface area is 71.5 Å². The quantitative estimate of drug-likeness (QED) is 0.595. The molecule has 0 aromatic heterocycles. The van der Waals surface area contributed by atoms with Crippen LogP contribution in [0, 0.1) is 10.8 Å². The summed E-state index contributed by atoms with van der Waals surface area (Å²) in [6.07, 6.45) is 2.54. The zero-order chi connectivity index (χ0) is 8.72. The Morgan fingerprint density at radius 3 is 2.92 bits per heavy atom. The van der Waals surface area contributed by atoms with Gasteiger partial charge < -0.3 is 5.11 Å². The molecule has 68 valence electrons. The molecule has 2 aliphatic rings. The van der Waals surface area contributed by atoms with Crippen molar-refractivity contribution in [3.05, 3.63) is 4.91 Å². The largest absolute Gasteiger partial charge is 0.391 e. The third-order valence-corrected chi connectivity index (χ3v) is 3.21. The van der Waals surface area contributed by atoms with Crippen LogP contribution < -0.4 is 0 Å². The van der Waals surface area contributed by atoms with Crippen LogP contribution >= 0.6 is 0 Å². The number of hydrogen-bond acceptors (Lipinski definition) is 3. The molecule has 2 fully saturated rings. The lowest BCUT2D eigenvalue weighted by Crippen LogP contribution is -2.37. The maximum absolute atomic E-state index is 10.5. The minimum Gasteiger partial charge on any atom is -0.391 e. The summed E-state index contributed by atoms with van der Waals surface area (Å²) in [5.41, 5.74) is 0. The molecular formula is C8H14N2O2. The van der Waals surface area contributed by atoms with E-state index in [2.05, 4.69) is 5.29 Å². The van der Waals surface area contributed by atoms with Crippen molar-refractivity contribution in [1.29, 1.82) is 0 Å². The molecule has 0 bridgehead atoms. The average molecular weight is 170 g/mol. The van der Waals surface area contributed by atoms with Gasteiger partial charge in [-0.15, -0.1) is 4.91 Å². The fourth-order valence-electron chi connectivity index (χ4n) is 2.66. The van der Waals surface area contributed by atoms with Crippen molar-refractivity contribution < 1.29 is 5.11 Å². The van der Waals surface area contributed by atoms with Gasteiger partial charge in [-0.1, -0.05) is 0 Å². The zero-order valence-corrected chi connectivity index (χ0v) is 7.18. The molecule has 0 spiro atoms. The Hall–Kier alpha value is -0.640. The second-order valence-corrected chi connectivity index (χ2v) is 3.94. The van der Waals surface area contributed by atoms with Gasteiger partial charge in [0, 0.05) is 6.04 Å². The minimum atomic E-state index is -0.336. The summed E-state index contributed by atoms with van der Waals surface area (Å²) >= 11 is 0. The predicted molar refractivity (Wildman–Crippen MR) is 44.2 cm³/mol. The van der Waals surface area contributed by atoms with Crippen LogP contribution in [0.1, 0.15) is 26.2 Å². The van der Waals surface area contributed by atoms with Gasteiger partial charge in [0.15, 0.2) is 0 Å². The summed E-state index contributed by atoms with van der Waals surface area (Å²) in [6.45, 7) is 1.99. The lowest BCUT2D eigenvalue weighted by atomic mass is 10.0. The number of nitroso groups, excluding NO2 is 1. The van der Waals surface area contributed by atoms with Crippen LogP contribution in [0.25, 0.3) is 0 Å². The van der Waals surface area contributed by atoms with E-state index < -0.39 is 0 Å². The van der Waals surface area contributed by atoms with E-state index in [1.807, 2.05) is 6.92 Å². The summed E-state index contributed by atoms with van der Waals surface area (Å²) in [6, 6.07) is 0.227. The van der Waals surface area contributed by atoms with Gasteiger partial charge in [-0.25, -0.2) is 0 Å². The molecule has 4 heteroatoms. The highest BCUT2D eigenvalue weighted by Gasteiger charge is 2.47.